The van der Waals surface area contributed by atoms with Crippen molar-refractivity contribution in [3.63, 3.8) is 0 Å². The Balaban J connectivity index is 2.31. The predicted octanol–water partition coefficient (Wildman–Crippen LogP) is 1.92. The highest BCUT2D eigenvalue weighted by molar-refractivity contribution is 7.89. The van der Waals surface area contributed by atoms with Gasteiger partial charge in [-0.1, -0.05) is 6.07 Å². The van der Waals surface area contributed by atoms with Gasteiger partial charge in [0.05, 0.1) is 5.60 Å². The van der Waals surface area contributed by atoms with Crippen LogP contribution in [0.4, 0.5) is 4.39 Å². The van der Waals surface area contributed by atoms with Gasteiger partial charge in [-0.3, -0.25) is 0 Å². The second kappa shape index (κ2) is 5.09. The maximum Gasteiger partial charge on any atom is 0.246 e. The monoisotopic (exact) mass is 301 g/mol. The Morgan fingerprint density at radius 1 is 1.40 bits per heavy atom. The molecule has 20 heavy (non-hydrogen) atoms. The lowest BCUT2D eigenvalue weighted by molar-refractivity contribution is 0.0236. The third kappa shape index (κ3) is 2.87. The zero-order valence-electron chi connectivity index (χ0n) is 11.9. The number of sulfonamides is 1. The Morgan fingerprint density at radius 3 is 2.60 bits per heavy atom. The predicted molar refractivity (Wildman–Crippen MR) is 74.3 cm³/mol. The van der Waals surface area contributed by atoms with E-state index in [4.69, 9.17) is 0 Å². The van der Waals surface area contributed by atoms with Crippen LogP contribution in [0.25, 0.3) is 0 Å². The first-order chi connectivity index (χ1) is 9.12. The fourth-order valence-electron chi connectivity index (χ4n) is 2.47. The number of halogens is 1. The molecule has 0 saturated carbocycles. The topological polar surface area (TPSA) is 57.6 Å². The van der Waals surface area contributed by atoms with Crippen LogP contribution in [0, 0.1) is 18.7 Å². The van der Waals surface area contributed by atoms with Crippen molar-refractivity contribution in [1.29, 1.82) is 0 Å². The molecule has 0 radical (unpaired) electrons. The van der Waals surface area contributed by atoms with E-state index in [0.717, 1.165) is 0 Å². The highest BCUT2D eigenvalue weighted by atomic mass is 32.2. The first kappa shape index (κ1) is 15.4. The summed E-state index contributed by atoms with van der Waals surface area (Å²) in [4.78, 5) is -0.283. The van der Waals surface area contributed by atoms with Gasteiger partial charge < -0.3 is 5.11 Å². The maximum atomic E-state index is 13.8. The van der Waals surface area contributed by atoms with Crippen molar-refractivity contribution in [3.8, 4) is 0 Å². The smallest absolute Gasteiger partial charge is 0.246 e. The van der Waals surface area contributed by atoms with Gasteiger partial charge >= 0.3 is 0 Å². The van der Waals surface area contributed by atoms with Gasteiger partial charge in [0.15, 0.2) is 0 Å². The van der Waals surface area contributed by atoms with Crippen molar-refractivity contribution in [2.45, 2.75) is 37.7 Å². The Kier molecular flexibility index (Phi) is 3.92. The summed E-state index contributed by atoms with van der Waals surface area (Å²) in [5.74, 6) is -0.868. The van der Waals surface area contributed by atoms with Crippen LogP contribution >= 0.6 is 0 Å². The first-order valence-corrected chi connectivity index (χ1v) is 8.05. The molecule has 1 fully saturated rings. The molecule has 112 valence electrons. The van der Waals surface area contributed by atoms with E-state index in [2.05, 4.69) is 0 Å². The molecular weight excluding hydrogens is 281 g/mol. The molecule has 1 unspecified atom stereocenters. The van der Waals surface area contributed by atoms with Gasteiger partial charge in [-0.25, -0.2) is 12.8 Å². The second-order valence-corrected chi connectivity index (χ2v) is 7.84. The number of hydrogen-bond acceptors (Lipinski definition) is 3. The Labute approximate surface area is 119 Å². The molecule has 6 heteroatoms. The molecule has 1 aliphatic rings. The summed E-state index contributed by atoms with van der Waals surface area (Å²) in [6.45, 7) is 5.59. The maximum absolute atomic E-state index is 13.8. The molecule has 1 saturated heterocycles. The first-order valence-electron chi connectivity index (χ1n) is 6.61. The average molecular weight is 301 g/mol. The van der Waals surface area contributed by atoms with Gasteiger partial charge in [-0.2, -0.15) is 4.31 Å². The zero-order chi connectivity index (χ0) is 15.1. The minimum absolute atomic E-state index is 0.134. The minimum atomic E-state index is -3.84. The summed E-state index contributed by atoms with van der Waals surface area (Å²) >= 11 is 0. The van der Waals surface area contributed by atoms with E-state index in [-0.39, 0.29) is 17.4 Å². The van der Waals surface area contributed by atoms with Crippen molar-refractivity contribution in [2.24, 2.45) is 5.92 Å². The van der Waals surface area contributed by atoms with Crippen LogP contribution in [0.1, 0.15) is 25.8 Å². The molecule has 1 aromatic rings. The molecule has 1 atom stereocenters. The number of aliphatic hydroxyl groups is 1. The number of rotatable bonds is 3. The Bertz CT molecular complexity index is 607. The molecule has 1 aromatic carbocycles. The standard InChI is InChI=1S/C14H20FNO3S/c1-10-4-5-12(15)13(8-10)20(18,19)16-7-6-11(9-16)14(2,3)17/h4-5,8,11,17H,6-7,9H2,1-3H3. The highest BCUT2D eigenvalue weighted by Gasteiger charge is 2.39. The quantitative estimate of drug-likeness (QED) is 0.928. The van der Waals surface area contributed by atoms with Gasteiger partial charge in [-0.15, -0.1) is 0 Å². The van der Waals surface area contributed by atoms with E-state index in [9.17, 15) is 17.9 Å². The minimum Gasteiger partial charge on any atom is -0.390 e. The van der Waals surface area contributed by atoms with Gasteiger partial charge in [0.25, 0.3) is 0 Å². The molecule has 0 amide bonds. The summed E-state index contributed by atoms with van der Waals surface area (Å²) < 4.78 is 40.0. The van der Waals surface area contributed by atoms with Gasteiger partial charge in [0, 0.05) is 19.0 Å². The molecule has 2 rings (SSSR count). The lowest BCUT2D eigenvalue weighted by atomic mass is 9.91. The molecule has 0 spiro atoms. The highest BCUT2D eigenvalue weighted by Crippen LogP contribution is 2.31. The lowest BCUT2D eigenvalue weighted by Gasteiger charge is -2.25. The van der Waals surface area contributed by atoms with Gasteiger partial charge in [0.2, 0.25) is 10.0 Å². The van der Waals surface area contributed by atoms with Crippen LogP contribution in [0.15, 0.2) is 23.1 Å². The Hall–Kier alpha value is -0.980. The van der Waals surface area contributed by atoms with E-state index in [1.54, 1.807) is 20.8 Å². The van der Waals surface area contributed by atoms with Crippen LogP contribution in [0.5, 0.6) is 0 Å². The van der Waals surface area contributed by atoms with Gasteiger partial charge in [-0.05, 0) is 44.9 Å². The molecule has 1 N–H and O–H groups in total. The fraction of sp³-hybridized carbons (Fsp3) is 0.571. The van der Waals surface area contributed by atoms with Crippen LogP contribution in [0.3, 0.4) is 0 Å². The van der Waals surface area contributed by atoms with Gasteiger partial charge in [0.1, 0.15) is 10.7 Å². The number of aryl methyl sites for hydroxylation is 1. The number of hydrogen-bond donors (Lipinski definition) is 1. The molecule has 0 bridgehead atoms. The van der Waals surface area contributed by atoms with Crippen molar-refractivity contribution >= 4 is 10.0 Å². The Morgan fingerprint density at radius 2 is 2.05 bits per heavy atom. The van der Waals surface area contributed by atoms with Crippen molar-refractivity contribution < 1.29 is 17.9 Å². The summed E-state index contributed by atoms with van der Waals surface area (Å²) in [7, 11) is -3.84. The molecule has 1 aliphatic heterocycles. The van der Waals surface area contributed by atoms with Crippen molar-refractivity contribution in [1.82, 2.24) is 4.31 Å². The average Bonchev–Trinajstić information content (AvgIpc) is 2.82. The summed E-state index contributed by atoms with van der Waals surface area (Å²) in [5.41, 5.74) is -0.238. The molecule has 1 heterocycles. The summed E-state index contributed by atoms with van der Waals surface area (Å²) in [6.07, 6.45) is 0.580. The second-order valence-electron chi connectivity index (χ2n) is 5.94. The number of nitrogens with zero attached hydrogens (tertiary/aromatic N) is 1. The third-order valence-corrected chi connectivity index (χ3v) is 5.73. The molecule has 0 aliphatic carbocycles. The van der Waals surface area contributed by atoms with E-state index in [1.165, 1.54) is 22.5 Å². The van der Waals surface area contributed by atoms with E-state index >= 15 is 0 Å². The van der Waals surface area contributed by atoms with Crippen LogP contribution in [-0.2, 0) is 10.0 Å². The van der Waals surface area contributed by atoms with Crippen LogP contribution < -0.4 is 0 Å². The zero-order valence-corrected chi connectivity index (χ0v) is 12.7. The van der Waals surface area contributed by atoms with E-state index in [1.807, 2.05) is 0 Å². The molecular formula is C14H20FNO3S. The third-order valence-electron chi connectivity index (χ3n) is 3.85. The molecule has 0 aromatic heterocycles. The summed E-state index contributed by atoms with van der Waals surface area (Å²) in [6, 6.07) is 4.06. The largest absolute Gasteiger partial charge is 0.390 e. The number of benzene rings is 1. The summed E-state index contributed by atoms with van der Waals surface area (Å²) in [5, 5.41) is 9.97. The van der Waals surface area contributed by atoms with Crippen LogP contribution in [-0.4, -0.2) is 36.5 Å². The lowest BCUT2D eigenvalue weighted by Crippen LogP contribution is -2.35. The van der Waals surface area contributed by atoms with Crippen LogP contribution in [0.2, 0.25) is 0 Å². The van der Waals surface area contributed by atoms with E-state index in [0.29, 0.717) is 18.5 Å². The normalized spacial score (nSPS) is 21.4. The SMILES string of the molecule is Cc1ccc(F)c(S(=O)(=O)N2CCC(C(C)(C)O)C2)c1. The van der Waals surface area contributed by atoms with Crippen molar-refractivity contribution in [2.75, 3.05) is 13.1 Å². The van der Waals surface area contributed by atoms with Crippen molar-refractivity contribution in [3.05, 3.63) is 29.6 Å². The van der Waals surface area contributed by atoms with E-state index < -0.39 is 21.4 Å². The molecule has 4 nitrogen and oxygen atoms in total. The fourth-order valence-corrected chi connectivity index (χ4v) is 4.12.